The van der Waals surface area contributed by atoms with E-state index in [-0.39, 0.29) is 18.1 Å². The number of hydrogen-bond acceptors (Lipinski definition) is 8. The van der Waals surface area contributed by atoms with Crippen molar-refractivity contribution < 1.29 is 33.3 Å². The molecule has 0 aromatic heterocycles. The first-order valence-electron chi connectivity index (χ1n) is 12.1. The Bertz CT molecular complexity index is 1020. The van der Waals surface area contributed by atoms with Gasteiger partial charge in [-0.05, 0) is 42.8 Å². The van der Waals surface area contributed by atoms with E-state index in [1.807, 2.05) is 0 Å². The number of esters is 2. The van der Waals surface area contributed by atoms with Crippen LogP contribution in [0.1, 0.15) is 64.9 Å². The molecule has 0 spiro atoms. The number of nitrogens with one attached hydrogen (secondary N) is 1. The lowest BCUT2D eigenvalue weighted by atomic mass is 10.1. The molecule has 36 heavy (non-hydrogen) atoms. The average molecular weight is 499 g/mol. The Morgan fingerprint density at radius 1 is 0.806 bits per heavy atom. The van der Waals surface area contributed by atoms with E-state index in [0.717, 1.165) is 12.2 Å². The molecule has 0 heterocycles. The molecule has 1 amide bonds. The van der Waals surface area contributed by atoms with Crippen molar-refractivity contribution in [2.45, 2.75) is 59.3 Å². The van der Waals surface area contributed by atoms with Crippen LogP contribution in [0.2, 0.25) is 0 Å². The number of ether oxygens (including phenoxy) is 4. The molecule has 194 valence electrons. The van der Waals surface area contributed by atoms with Crippen molar-refractivity contribution in [1.82, 2.24) is 5.43 Å². The summed E-state index contributed by atoms with van der Waals surface area (Å²) in [5.41, 5.74) is 2.75. The van der Waals surface area contributed by atoms with Crippen LogP contribution in [0.15, 0.2) is 47.6 Å². The number of rotatable bonds is 15. The minimum absolute atomic E-state index is 0.134. The van der Waals surface area contributed by atoms with Crippen LogP contribution in [-0.2, 0) is 14.4 Å². The van der Waals surface area contributed by atoms with E-state index < -0.39 is 17.8 Å². The number of amides is 1. The van der Waals surface area contributed by atoms with E-state index in [1.54, 1.807) is 30.3 Å². The zero-order valence-corrected chi connectivity index (χ0v) is 21.1. The summed E-state index contributed by atoms with van der Waals surface area (Å²) in [6, 6.07) is 11.5. The minimum Gasteiger partial charge on any atom is -0.494 e. The lowest BCUT2D eigenvalue weighted by molar-refractivity contribution is -0.132. The van der Waals surface area contributed by atoms with Crippen molar-refractivity contribution in [3.63, 3.8) is 0 Å². The average Bonchev–Trinajstić information content (AvgIpc) is 2.83. The van der Waals surface area contributed by atoms with E-state index in [4.69, 9.17) is 18.9 Å². The standard InChI is InChI=1S/C27H34N2O7/c1-4-5-6-7-8-9-16-33-23-12-14-24(15-13-23)34-19-27(32)29-28-18-22-10-11-25(35-20(2)30)17-26(22)36-21(3)31/h10-15,17-18H,4-9,16,19H2,1-3H3,(H,29,32)/b28-18+. The largest absolute Gasteiger partial charge is 0.494 e. The molecular formula is C27H34N2O7. The molecular weight excluding hydrogens is 464 g/mol. The molecule has 0 saturated heterocycles. The molecule has 0 saturated carbocycles. The summed E-state index contributed by atoms with van der Waals surface area (Å²) in [5.74, 6) is 0.0999. The molecule has 9 nitrogen and oxygen atoms in total. The molecule has 2 rings (SSSR count). The topological polar surface area (TPSA) is 113 Å². The molecule has 0 fully saturated rings. The van der Waals surface area contributed by atoms with Crippen LogP contribution < -0.4 is 24.4 Å². The van der Waals surface area contributed by atoms with Crippen LogP contribution in [0.5, 0.6) is 23.0 Å². The molecule has 9 heteroatoms. The summed E-state index contributed by atoms with van der Waals surface area (Å²) in [4.78, 5) is 34.6. The minimum atomic E-state index is -0.555. The summed E-state index contributed by atoms with van der Waals surface area (Å²) in [5, 5.41) is 3.87. The molecule has 0 aliphatic carbocycles. The Labute approximate surface area is 211 Å². The van der Waals surface area contributed by atoms with Crippen LogP contribution in [-0.4, -0.2) is 37.3 Å². The van der Waals surface area contributed by atoms with Gasteiger partial charge in [0.05, 0.1) is 12.8 Å². The van der Waals surface area contributed by atoms with Crippen molar-refractivity contribution in [2.24, 2.45) is 5.10 Å². The molecule has 0 radical (unpaired) electrons. The fourth-order valence-corrected chi connectivity index (χ4v) is 3.15. The van der Waals surface area contributed by atoms with Crippen molar-refractivity contribution >= 4 is 24.1 Å². The fraction of sp³-hybridized carbons (Fsp3) is 0.407. The van der Waals surface area contributed by atoms with E-state index in [9.17, 15) is 14.4 Å². The van der Waals surface area contributed by atoms with Crippen LogP contribution >= 0.6 is 0 Å². The lowest BCUT2D eigenvalue weighted by Gasteiger charge is -2.09. The number of carbonyl (C=O) groups is 3. The van der Waals surface area contributed by atoms with Gasteiger partial charge >= 0.3 is 11.9 Å². The van der Waals surface area contributed by atoms with Crippen molar-refractivity contribution in [3.05, 3.63) is 48.0 Å². The molecule has 0 atom stereocenters. The van der Waals surface area contributed by atoms with Gasteiger partial charge in [-0.2, -0.15) is 5.10 Å². The van der Waals surface area contributed by atoms with Crippen LogP contribution in [0.3, 0.4) is 0 Å². The van der Waals surface area contributed by atoms with Crippen molar-refractivity contribution in [2.75, 3.05) is 13.2 Å². The highest BCUT2D eigenvalue weighted by atomic mass is 16.5. The van der Waals surface area contributed by atoms with Gasteiger partial charge < -0.3 is 18.9 Å². The van der Waals surface area contributed by atoms with E-state index in [0.29, 0.717) is 17.9 Å². The van der Waals surface area contributed by atoms with Gasteiger partial charge in [-0.15, -0.1) is 0 Å². The zero-order chi connectivity index (χ0) is 26.2. The van der Waals surface area contributed by atoms with Gasteiger partial charge in [-0.25, -0.2) is 5.43 Å². The first-order valence-corrected chi connectivity index (χ1v) is 12.1. The first-order chi connectivity index (χ1) is 17.4. The molecule has 2 aromatic carbocycles. The Kier molecular flexibility index (Phi) is 12.5. The van der Waals surface area contributed by atoms with Gasteiger partial charge in [0.2, 0.25) is 0 Å². The third kappa shape index (κ3) is 11.5. The Balaban J connectivity index is 1.77. The molecule has 2 aromatic rings. The maximum Gasteiger partial charge on any atom is 0.308 e. The lowest BCUT2D eigenvalue weighted by Crippen LogP contribution is -2.24. The number of nitrogens with zero attached hydrogens (tertiary/aromatic N) is 1. The quantitative estimate of drug-likeness (QED) is 0.123. The van der Waals surface area contributed by atoms with Crippen molar-refractivity contribution in [3.8, 4) is 23.0 Å². The highest BCUT2D eigenvalue weighted by Gasteiger charge is 2.09. The van der Waals surface area contributed by atoms with Crippen LogP contribution in [0, 0.1) is 0 Å². The predicted molar refractivity (Wildman–Crippen MR) is 136 cm³/mol. The Morgan fingerprint density at radius 2 is 1.42 bits per heavy atom. The number of hydrogen-bond donors (Lipinski definition) is 1. The maximum absolute atomic E-state index is 12.1. The zero-order valence-electron chi connectivity index (χ0n) is 21.1. The molecule has 0 aliphatic heterocycles. The van der Waals surface area contributed by atoms with Gasteiger partial charge in [0.15, 0.2) is 6.61 Å². The summed E-state index contributed by atoms with van der Waals surface area (Å²) < 4.78 is 21.3. The Hall–Kier alpha value is -3.88. The summed E-state index contributed by atoms with van der Waals surface area (Å²) >= 11 is 0. The molecule has 0 unspecified atom stereocenters. The SMILES string of the molecule is CCCCCCCCOc1ccc(OCC(=O)N/N=C/c2ccc(OC(C)=O)cc2OC(C)=O)cc1. The van der Waals surface area contributed by atoms with Gasteiger partial charge in [-0.1, -0.05) is 39.0 Å². The molecule has 0 aliphatic rings. The van der Waals surface area contributed by atoms with Gasteiger partial charge in [0, 0.05) is 25.5 Å². The number of carbonyl (C=O) groups excluding carboxylic acids is 3. The van der Waals surface area contributed by atoms with E-state index >= 15 is 0 Å². The van der Waals surface area contributed by atoms with Gasteiger partial charge in [0.1, 0.15) is 23.0 Å². The monoisotopic (exact) mass is 498 g/mol. The predicted octanol–water partition coefficient (Wildman–Crippen LogP) is 4.81. The second-order valence-electron chi connectivity index (χ2n) is 8.06. The number of unbranched alkanes of at least 4 members (excludes halogenated alkanes) is 5. The third-order valence-electron chi connectivity index (χ3n) is 4.85. The number of benzene rings is 2. The van der Waals surface area contributed by atoms with Gasteiger partial charge in [0.25, 0.3) is 5.91 Å². The second-order valence-corrected chi connectivity index (χ2v) is 8.06. The van der Waals surface area contributed by atoms with Crippen molar-refractivity contribution in [1.29, 1.82) is 0 Å². The fourth-order valence-electron chi connectivity index (χ4n) is 3.15. The van der Waals surface area contributed by atoms with Crippen LogP contribution in [0.25, 0.3) is 0 Å². The van der Waals surface area contributed by atoms with E-state index in [2.05, 4.69) is 17.5 Å². The second kappa shape index (κ2) is 15.9. The number of hydrazone groups is 1. The molecule has 1 N–H and O–H groups in total. The smallest absolute Gasteiger partial charge is 0.308 e. The summed E-state index contributed by atoms with van der Waals surface area (Å²) in [6.07, 6.45) is 8.56. The van der Waals surface area contributed by atoms with E-state index in [1.165, 1.54) is 64.3 Å². The highest BCUT2D eigenvalue weighted by Crippen LogP contribution is 2.24. The maximum atomic E-state index is 12.1. The van der Waals surface area contributed by atoms with Gasteiger partial charge in [-0.3, -0.25) is 14.4 Å². The summed E-state index contributed by atoms with van der Waals surface area (Å²) in [7, 11) is 0. The first kappa shape index (κ1) is 28.4. The Morgan fingerprint density at radius 3 is 2.08 bits per heavy atom. The molecule has 0 bridgehead atoms. The normalized spacial score (nSPS) is 10.6. The van der Waals surface area contributed by atoms with Crippen LogP contribution in [0.4, 0.5) is 0 Å². The highest BCUT2D eigenvalue weighted by molar-refractivity contribution is 5.87. The third-order valence-corrected chi connectivity index (χ3v) is 4.85. The summed E-state index contributed by atoms with van der Waals surface area (Å²) in [6.45, 7) is 5.15.